The summed E-state index contributed by atoms with van der Waals surface area (Å²) in [6.07, 6.45) is 0.513. The molecule has 14 heavy (non-hydrogen) atoms. The Hall–Kier alpha value is -0.570. The molecule has 0 heterocycles. The van der Waals surface area contributed by atoms with Crippen LogP contribution < -0.4 is 0 Å². The van der Waals surface area contributed by atoms with Crippen molar-refractivity contribution in [2.75, 3.05) is 13.6 Å². The van der Waals surface area contributed by atoms with Crippen LogP contribution >= 0.6 is 0 Å². The molecule has 0 bridgehead atoms. The second-order valence-corrected chi connectivity index (χ2v) is 5.80. The van der Waals surface area contributed by atoms with Gasteiger partial charge in [0.05, 0.1) is 5.60 Å². The maximum atomic E-state index is 11.7. The number of aliphatic hydroxyl groups is 1. The summed E-state index contributed by atoms with van der Waals surface area (Å²) in [6, 6.07) is 0. The number of hydrogen-bond acceptors (Lipinski definition) is 2. The van der Waals surface area contributed by atoms with Gasteiger partial charge in [0, 0.05) is 20.0 Å². The summed E-state index contributed by atoms with van der Waals surface area (Å²) in [7, 11) is 1.73. The van der Waals surface area contributed by atoms with Crippen molar-refractivity contribution in [2.24, 2.45) is 5.41 Å². The average molecular weight is 201 g/mol. The third-order valence-corrected chi connectivity index (χ3v) is 1.73. The first kappa shape index (κ1) is 13.4. The maximum Gasteiger partial charge on any atom is 0.222 e. The van der Waals surface area contributed by atoms with Gasteiger partial charge in [-0.2, -0.15) is 0 Å². The number of amides is 1. The van der Waals surface area contributed by atoms with Gasteiger partial charge in [-0.3, -0.25) is 4.79 Å². The molecule has 0 aromatic heterocycles. The highest BCUT2D eigenvalue weighted by Crippen LogP contribution is 2.19. The Morgan fingerprint density at radius 1 is 1.21 bits per heavy atom. The topological polar surface area (TPSA) is 40.5 Å². The highest BCUT2D eigenvalue weighted by atomic mass is 16.3. The molecule has 0 aromatic rings. The quantitative estimate of drug-likeness (QED) is 0.754. The van der Waals surface area contributed by atoms with E-state index in [4.69, 9.17) is 0 Å². The smallest absolute Gasteiger partial charge is 0.222 e. The van der Waals surface area contributed by atoms with Crippen LogP contribution in [0, 0.1) is 5.41 Å². The molecular formula is C11H23NO2. The van der Waals surface area contributed by atoms with Crippen LogP contribution in [-0.2, 0) is 4.79 Å². The predicted octanol–water partition coefficient (Wildman–Crippen LogP) is 1.65. The lowest BCUT2D eigenvalue weighted by Gasteiger charge is -2.28. The summed E-state index contributed by atoms with van der Waals surface area (Å²) in [5.74, 6) is 0.0830. The molecular weight excluding hydrogens is 178 g/mol. The fraction of sp³-hybridized carbons (Fsp3) is 0.909. The predicted molar refractivity (Wildman–Crippen MR) is 58.0 cm³/mol. The van der Waals surface area contributed by atoms with Gasteiger partial charge in [0.25, 0.3) is 0 Å². The maximum absolute atomic E-state index is 11.7. The molecule has 0 aliphatic carbocycles. The third-order valence-electron chi connectivity index (χ3n) is 1.73. The van der Waals surface area contributed by atoms with Crippen molar-refractivity contribution in [2.45, 2.75) is 46.6 Å². The van der Waals surface area contributed by atoms with Crippen molar-refractivity contribution in [3.63, 3.8) is 0 Å². The molecule has 0 atom stereocenters. The lowest BCUT2D eigenvalue weighted by Crippen LogP contribution is -2.40. The van der Waals surface area contributed by atoms with E-state index in [0.717, 1.165) is 0 Å². The monoisotopic (exact) mass is 201 g/mol. The Labute approximate surface area is 87.1 Å². The van der Waals surface area contributed by atoms with E-state index < -0.39 is 5.60 Å². The number of hydrogen-bond donors (Lipinski definition) is 1. The van der Waals surface area contributed by atoms with Crippen LogP contribution in [-0.4, -0.2) is 35.1 Å². The molecule has 0 aliphatic heterocycles. The minimum atomic E-state index is -0.817. The summed E-state index contributed by atoms with van der Waals surface area (Å²) < 4.78 is 0. The van der Waals surface area contributed by atoms with Gasteiger partial charge in [-0.25, -0.2) is 0 Å². The number of likely N-dealkylation sites (N-methyl/N-ethyl adjacent to an activating group) is 1. The van der Waals surface area contributed by atoms with Crippen LogP contribution in [0.5, 0.6) is 0 Å². The fourth-order valence-electron chi connectivity index (χ4n) is 1.26. The average Bonchev–Trinajstić information content (AvgIpc) is 1.78. The molecule has 1 amide bonds. The van der Waals surface area contributed by atoms with E-state index in [1.165, 1.54) is 0 Å². The standard InChI is InChI=1S/C11H23NO2/c1-10(2,3)7-9(13)12(6)8-11(4,5)14/h14H,7-8H2,1-6H3. The number of carbonyl (C=O) groups excluding carboxylic acids is 1. The van der Waals surface area contributed by atoms with Gasteiger partial charge >= 0.3 is 0 Å². The van der Waals surface area contributed by atoms with E-state index in [0.29, 0.717) is 13.0 Å². The summed E-state index contributed by atoms with van der Waals surface area (Å²) in [5.41, 5.74) is -0.812. The second kappa shape index (κ2) is 4.30. The molecule has 84 valence electrons. The van der Waals surface area contributed by atoms with Crippen LogP contribution in [0.1, 0.15) is 41.0 Å². The van der Waals surface area contributed by atoms with Crippen molar-refractivity contribution in [3.8, 4) is 0 Å². The van der Waals surface area contributed by atoms with Gasteiger partial charge in [0.15, 0.2) is 0 Å². The summed E-state index contributed by atoms with van der Waals surface area (Å²) in [6.45, 7) is 9.87. The minimum Gasteiger partial charge on any atom is -0.389 e. The molecule has 0 saturated heterocycles. The normalized spacial score (nSPS) is 12.8. The molecule has 0 rings (SSSR count). The lowest BCUT2D eigenvalue weighted by molar-refractivity contribution is -0.134. The molecule has 0 unspecified atom stereocenters. The molecule has 0 radical (unpaired) electrons. The molecule has 0 aromatic carbocycles. The second-order valence-electron chi connectivity index (χ2n) is 5.80. The van der Waals surface area contributed by atoms with Crippen LogP contribution in [0.4, 0.5) is 0 Å². The summed E-state index contributed by atoms with van der Waals surface area (Å²) in [4.78, 5) is 13.2. The molecule has 1 N–H and O–H groups in total. The highest BCUT2D eigenvalue weighted by molar-refractivity contribution is 5.76. The fourth-order valence-corrected chi connectivity index (χ4v) is 1.26. The Kier molecular flexibility index (Phi) is 4.13. The Bertz CT molecular complexity index is 198. The van der Waals surface area contributed by atoms with Crippen molar-refractivity contribution in [1.82, 2.24) is 4.90 Å². The molecule has 0 spiro atoms. The van der Waals surface area contributed by atoms with E-state index in [2.05, 4.69) is 0 Å². The van der Waals surface area contributed by atoms with Crippen LogP contribution in [0.15, 0.2) is 0 Å². The highest BCUT2D eigenvalue weighted by Gasteiger charge is 2.23. The van der Waals surface area contributed by atoms with Gasteiger partial charge in [0.2, 0.25) is 5.91 Å². The van der Waals surface area contributed by atoms with E-state index in [1.54, 1.807) is 25.8 Å². The third kappa shape index (κ3) is 6.89. The van der Waals surface area contributed by atoms with Crippen LogP contribution in [0.3, 0.4) is 0 Å². The van der Waals surface area contributed by atoms with Gasteiger partial charge in [-0.1, -0.05) is 20.8 Å². The minimum absolute atomic E-state index is 0.00490. The Morgan fingerprint density at radius 3 is 1.93 bits per heavy atom. The first-order valence-corrected chi connectivity index (χ1v) is 4.98. The van der Waals surface area contributed by atoms with E-state index in [9.17, 15) is 9.90 Å². The van der Waals surface area contributed by atoms with Crippen LogP contribution in [0.2, 0.25) is 0 Å². The van der Waals surface area contributed by atoms with Gasteiger partial charge in [-0.05, 0) is 19.3 Å². The molecule has 3 nitrogen and oxygen atoms in total. The number of nitrogens with zero attached hydrogens (tertiary/aromatic N) is 1. The SMILES string of the molecule is CN(CC(C)(C)O)C(=O)CC(C)(C)C. The summed E-state index contributed by atoms with van der Waals surface area (Å²) in [5, 5.41) is 9.54. The van der Waals surface area contributed by atoms with E-state index in [-0.39, 0.29) is 11.3 Å². The first-order valence-electron chi connectivity index (χ1n) is 4.98. The zero-order valence-electron chi connectivity index (χ0n) is 10.2. The molecule has 0 fully saturated rings. The van der Waals surface area contributed by atoms with E-state index in [1.807, 2.05) is 20.8 Å². The van der Waals surface area contributed by atoms with Crippen molar-refractivity contribution >= 4 is 5.91 Å². The van der Waals surface area contributed by atoms with Gasteiger partial charge < -0.3 is 10.0 Å². The van der Waals surface area contributed by atoms with Crippen molar-refractivity contribution in [3.05, 3.63) is 0 Å². The molecule has 0 saturated carbocycles. The zero-order valence-corrected chi connectivity index (χ0v) is 10.2. The largest absolute Gasteiger partial charge is 0.389 e. The zero-order chi connectivity index (χ0) is 11.6. The van der Waals surface area contributed by atoms with Gasteiger partial charge in [0.1, 0.15) is 0 Å². The van der Waals surface area contributed by atoms with E-state index >= 15 is 0 Å². The summed E-state index contributed by atoms with van der Waals surface area (Å²) >= 11 is 0. The van der Waals surface area contributed by atoms with Crippen molar-refractivity contribution in [1.29, 1.82) is 0 Å². The first-order chi connectivity index (χ1) is 6.01. The number of rotatable bonds is 3. The van der Waals surface area contributed by atoms with Crippen LogP contribution in [0.25, 0.3) is 0 Å². The Morgan fingerprint density at radius 2 is 1.64 bits per heavy atom. The molecule has 3 heteroatoms. The lowest BCUT2D eigenvalue weighted by atomic mass is 9.91. The Balaban J connectivity index is 4.15. The van der Waals surface area contributed by atoms with Crippen molar-refractivity contribution < 1.29 is 9.90 Å². The molecule has 0 aliphatic rings. The number of carbonyl (C=O) groups is 1. The van der Waals surface area contributed by atoms with Gasteiger partial charge in [-0.15, -0.1) is 0 Å².